The van der Waals surface area contributed by atoms with Crippen LogP contribution in [0, 0.1) is 5.92 Å². The monoisotopic (exact) mass is 339 g/mol. The first-order valence-corrected chi connectivity index (χ1v) is 10.0. The van der Waals surface area contributed by atoms with Gasteiger partial charge in [0.05, 0.1) is 0 Å². The van der Waals surface area contributed by atoms with E-state index in [0.29, 0.717) is 0 Å². The van der Waals surface area contributed by atoms with Crippen LogP contribution >= 0.6 is 0 Å². The van der Waals surface area contributed by atoms with Crippen LogP contribution in [-0.2, 0) is 0 Å². The van der Waals surface area contributed by atoms with Crippen molar-refractivity contribution in [3.63, 3.8) is 0 Å². The molecule has 1 fully saturated rings. The molecule has 1 saturated heterocycles. The molecule has 0 amide bonds. The summed E-state index contributed by atoms with van der Waals surface area (Å²) in [5, 5.41) is 6.88. The van der Waals surface area contributed by atoms with Gasteiger partial charge in [-0.1, -0.05) is 46.5 Å². The van der Waals surface area contributed by atoms with E-state index in [1.165, 1.54) is 64.8 Å². The van der Waals surface area contributed by atoms with Crippen molar-refractivity contribution in [3.8, 4) is 0 Å². The van der Waals surface area contributed by atoms with Gasteiger partial charge in [-0.3, -0.25) is 9.89 Å². The second kappa shape index (κ2) is 13.5. The van der Waals surface area contributed by atoms with Crippen molar-refractivity contribution in [2.45, 2.75) is 52.9 Å². The Morgan fingerprint density at radius 3 is 2.17 bits per heavy atom. The highest BCUT2D eigenvalue weighted by Crippen LogP contribution is 2.08. The maximum atomic E-state index is 4.32. The van der Waals surface area contributed by atoms with Gasteiger partial charge in [-0.15, -0.1) is 0 Å². The van der Waals surface area contributed by atoms with Crippen LogP contribution in [-0.4, -0.2) is 75.2 Å². The number of nitrogens with zero attached hydrogens (tertiary/aromatic N) is 3. The standard InChI is InChI=1S/C19H41N5/c1-5-23-14-16-24(17-15-23)13-12-22-19(20-4)21-11-9-7-6-8-10-18(2)3/h18H,5-17H2,1-4H3,(H2,20,21,22). The molecule has 24 heavy (non-hydrogen) atoms. The maximum absolute atomic E-state index is 4.32. The van der Waals surface area contributed by atoms with Crippen LogP contribution in [0.4, 0.5) is 0 Å². The quantitative estimate of drug-likeness (QED) is 0.345. The Kier molecular flexibility index (Phi) is 11.9. The summed E-state index contributed by atoms with van der Waals surface area (Å²) in [7, 11) is 1.86. The molecule has 1 aliphatic heterocycles. The second-order valence-electron chi connectivity index (χ2n) is 7.30. The first-order chi connectivity index (χ1) is 11.7. The lowest BCUT2D eigenvalue weighted by atomic mass is 10.0. The molecule has 0 saturated carbocycles. The van der Waals surface area contributed by atoms with Crippen molar-refractivity contribution < 1.29 is 0 Å². The zero-order chi connectivity index (χ0) is 17.6. The molecular weight excluding hydrogens is 298 g/mol. The van der Waals surface area contributed by atoms with Gasteiger partial charge in [-0.2, -0.15) is 0 Å². The average molecular weight is 340 g/mol. The minimum absolute atomic E-state index is 0.844. The highest BCUT2D eigenvalue weighted by Gasteiger charge is 2.14. The lowest BCUT2D eigenvalue weighted by molar-refractivity contribution is 0.139. The number of likely N-dealkylation sites (N-methyl/N-ethyl adjacent to an activating group) is 1. The van der Waals surface area contributed by atoms with E-state index in [2.05, 4.69) is 46.2 Å². The average Bonchev–Trinajstić information content (AvgIpc) is 2.59. The number of rotatable bonds is 11. The summed E-state index contributed by atoms with van der Waals surface area (Å²) in [6.07, 6.45) is 6.64. The molecule has 0 radical (unpaired) electrons. The van der Waals surface area contributed by atoms with E-state index in [0.717, 1.165) is 31.5 Å². The Morgan fingerprint density at radius 1 is 0.917 bits per heavy atom. The van der Waals surface area contributed by atoms with Crippen LogP contribution in [0.25, 0.3) is 0 Å². The fourth-order valence-electron chi connectivity index (χ4n) is 3.12. The summed E-state index contributed by atoms with van der Waals surface area (Å²) >= 11 is 0. The molecule has 2 N–H and O–H groups in total. The predicted octanol–water partition coefficient (Wildman–Crippen LogP) is 2.40. The molecule has 0 aromatic rings. The summed E-state index contributed by atoms with van der Waals surface area (Å²) in [5.41, 5.74) is 0. The van der Waals surface area contributed by atoms with Crippen molar-refractivity contribution >= 4 is 5.96 Å². The van der Waals surface area contributed by atoms with Crippen molar-refractivity contribution in [1.29, 1.82) is 0 Å². The van der Waals surface area contributed by atoms with Gasteiger partial charge in [-0.25, -0.2) is 0 Å². The van der Waals surface area contributed by atoms with E-state index < -0.39 is 0 Å². The van der Waals surface area contributed by atoms with E-state index >= 15 is 0 Å². The Labute approximate surface area is 150 Å². The number of aliphatic imine (C=N–C) groups is 1. The molecule has 0 atom stereocenters. The molecule has 0 unspecified atom stereocenters. The topological polar surface area (TPSA) is 42.9 Å². The van der Waals surface area contributed by atoms with Crippen molar-refractivity contribution in [2.75, 3.05) is 59.4 Å². The van der Waals surface area contributed by atoms with Gasteiger partial charge in [-0.05, 0) is 18.9 Å². The third-order valence-electron chi connectivity index (χ3n) is 4.86. The number of piperazine rings is 1. The van der Waals surface area contributed by atoms with Crippen LogP contribution in [0.3, 0.4) is 0 Å². The normalized spacial score (nSPS) is 17.5. The first-order valence-electron chi connectivity index (χ1n) is 10.0. The fourth-order valence-corrected chi connectivity index (χ4v) is 3.12. The van der Waals surface area contributed by atoms with Gasteiger partial charge in [0.15, 0.2) is 5.96 Å². The van der Waals surface area contributed by atoms with Crippen LogP contribution in [0.5, 0.6) is 0 Å². The van der Waals surface area contributed by atoms with Crippen LogP contribution in [0.2, 0.25) is 0 Å². The molecular formula is C19H41N5. The summed E-state index contributed by atoms with van der Waals surface area (Å²) in [5.74, 6) is 1.79. The highest BCUT2D eigenvalue weighted by molar-refractivity contribution is 5.79. The van der Waals surface area contributed by atoms with E-state index in [1.807, 2.05) is 7.05 Å². The smallest absolute Gasteiger partial charge is 0.191 e. The molecule has 0 bridgehead atoms. The molecule has 0 spiro atoms. The minimum atomic E-state index is 0.844. The van der Waals surface area contributed by atoms with Crippen LogP contribution in [0.15, 0.2) is 4.99 Å². The van der Waals surface area contributed by atoms with E-state index in [1.54, 1.807) is 0 Å². The molecule has 0 aromatic heterocycles. The Hall–Kier alpha value is -0.810. The third kappa shape index (κ3) is 10.1. The summed E-state index contributed by atoms with van der Waals surface area (Å²) in [6.45, 7) is 15.9. The van der Waals surface area contributed by atoms with Crippen LogP contribution in [0.1, 0.15) is 52.9 Å². The lowest BCUT2D eigenvalue weighted by Crippen LogP contribution is -2.49. The van der Waals surface area contributed by atoms with Crippen molar-refractivity contribution in [1.82, 2.24) is 20.4 Å². The zero-order valence-corrected chi connectivity index (χ0v) is 16.6. The zero-order valence-electron chi connectivity index (χ0n) is 16.6. The lowest BCUT2D eigenvalue weighted by Gasteiger charge is -2.34. The van der Waals surface area contributed by atoms with Gasteiger partial charge in [0, 0.05) is 52.9 Å². The number of hydrogen-bond donors (Lipinski definition) is 2. The Morgan fingerprint density at radius 2 is 1.54 bits per heavy atom. The van der Waals surface area contributed by atoms with Gasteiger partial charge in [0.1, 0.15) is 0 Å². The number of unbranched alkanes of at least 4 members (excludes halogenated alkanes) is 3. The molecule has 0 aliphatic carbocycles. The third-order valence-corrected chi connectivity index (χ3v) is 4.86. The van der Waals surface area contributed by atoms with Gasteiger partial charge >= 0.3 is 0 Å². The van der Waals surface area contributed by atoms with Gasteiger partial charge < -0.3 is 15.5 Å². The molecule has 142 valence electrons. The SMILES string of the molecule is CCN1CCN(CCNC(=NC)NCCCCCCC(C)C)CC1. The predicted molar refractivity (Wildman–Crippen MR) is 106 cm³/mol. The number of nitrogens with one attached hydrogen (secondary N) is 2. The van der Waals surface area contributed by atoms with E-state index in [4.69, 9.17) is 0 Å². The number of hydrogen-bond acceptors (Lipinski definition) is 3. The Balaban J connectivity index is 1.99. The van der Waals surface area contributed by atoms with Gasteiger partial charge in [0.2, 0.25) is 0 Å². The molecule has 0 aromatic carbocycles. The number of guanidine groups is 1. The Bertz CT molecular complexity index is 322. The maximum Gasteiger partial charge on any atom is 0.191 e. The van der Waals surface area contributed by atoms with Crippen LogP contribution < -0.4 is 10.6 Å². The molecule has 1 heterocycles. The molecule has 1 aliphatic rings. The minimum Gasteiger partial charge on any atom is -0.356 e. The second-order valence-corrected chi connectivity index (χ2v) is 7.30. The van der Waals surface area contributed by atoms with Gasteiger partial charge in [0.25, 0.3) is 0 Å². The van der Waals surface area contributed by atoms with Crippen molar-refractivity contribution in [2.24, 2.45) is 10.9 Å². The molecule has 1 rings (SSSR count). The highest BCUT2D eigenvalue weighted by atomic mass is 15.3. The largest absolute Gasteiger partial charge is 0.356 e. The fraction of sp³-hybridized carbons (Fsp3) is 0.947. The molecule has 5 heteroatoms. The summed E-state index contributed by atoms with van der Waals surface area (Å²) < 4.78 is 0. The van der Waals surface area contributed by atoms with E-state index in [9.17, 15) is 0 Å². The first kappa shape index (κ1) is 21.2. The molecule has 5 nitrogen and oxygen atoms in total. The summed E-state index contributed by atoms with van der Waals surface area (Å²) in [4.78, 5) is 9.38. The summed E-state index contributed by atoms with van der Waals surface area (Å²) in [6, 6.07) is 0. The van der Waals surface area contributed by atoms with E-state index in [-0.39, 0.29) is 0 Å². The van der Waals surface area contributed by atoms with Crippen molar-refractivity contribution in [3.05, 3.63) is 0 Å².